The minimum Gasteiger partial charge on any atom is -0.349 e. The first-order valence-electron chi connectivity index (χ1n) is 7.75. The molecule has 4 bridgehead atoms. The Morgan fingerprint density at radius 3 is 2.23 bits per heavy atom. The Hall–Kier alpha value is -1.27. The van der Waals surface area contributed by atoms with Crippen LogP contribution < -0.4 is 10.6 Å². The van der Waals surface area contributed by atoms with Crippen molar-refractivity contribution in [2.75, 3.05) is 6.54 Å². The van der Waals surface area contributed by atoms with Gasteiger partial charge in [0.15, 0.2) is 0 Å². The van der Waals surface area contributed by atoms with Gasteiger partial charge in [0, 0.05) is 12.5 Å². The number of rotatable bonds is 3. The molecule has 124 valence electrons. The zero-order valence-electron chi connectivity index (χ0n) is 12.6. The quantitative estimate of drug-likeness (QED) is 0.837. The molecule has 2 N–H and O–H groups in total. The summed E-state index contributed by atoms with van der Waals surface area (Å²) in [5.74, 6) is -0.630. The molecule has 4 rings (SSSR count). The summed E-state index contributed by atoms with van der Waals surface area (Å²) in [4.78, 5) is 22.8. The minimum atomic E-state index is -4.21. The molecule has 4 aliphatic carbocycles. The lowest BCUT2D eigenvalue weighted by atomic mass is 9.46. The Bertz CT molecular complexity index is 490. The molecule has 0 aromatic carbocycles. The molecule has 7 heteroatoms. The van der Waals surface area contributed by atoms with E-state index in [-0.39, 0.29) is 43.6 Å². The van der Waals surface area contributed by atoms with Gasteiger partial charge in [-0.25, -0.2) is 0 Å². The van der Waals surface area contributed by atoms with Crippen molar-refractivity contribution in [2.45, 2.75) is 57.2 Å². The Morgan fingerprint density at radius 2 is 1.73 bits per heavy atom. The number of alkyl halides is 3. The summed E-state index contributed by atoms with van der Waals surface area (Å²) in [6.45, 7) is 1.13. The number of hydrogen-bond donors (Lipinski definition) is 2. The summed E-state index contributed by atoms with van der Waals surface area (Å²) in [7, 11) is 0. The maximum Gasteiger partial charge on any atom is 0.394 e. The SMILES string of the molecule is CC(=O)NCC(=O)NC12C[C@H]3C[C@@H](C1)CC(C(F)(F)F)(C3)C2. The molecule has 4 fully saturated rings. The maximum absolute atomic E-state index is 13.6. The van der Waals surface area contributed by atoms with Crippen molar-refractivity contribution in [1.29, 1.82) is 0 Å². The van der Waals surface area contributed by atoms with Crippen molar-refractivity contribution in [3.05, 3.63) is 0 Å². The van der Waals surface area contributed by atoms with Crippen LogP contribution in [0.4, 0.5) is 13.2 Å². The molecule has 0 saturated heterocycles. The third kappa shape index (κ3) is 2.58. The molecule has 4 saturated carbocycles. The van der Waals surface area contributed by atoms with Gasteiger partial charge in [0.05, 0.1) is 12.0 Å². The van der Waals surface area contributed by atoms with Crippen LogP contribution in [0.1, 0.15) is 45.4 Å². The van der Waals surface area contributed by atoms with Gasteiger partial charge >= 0.3 is 6.18 Å². The lowest BCUT2D eigenvalue weighted by Gasteiger charge is -2.62. The van der Waals surface area contributed by atoms with E-state index in [9.17, 15) is 22.8 Å². The second-order valence-corrected chi connectivity index (χ2v) is 7.48. The predicted molar refractivity (Wildman–Crippen MR) is 72.7 cm³/mol. The fraction of sp³-hybridized carbons (Fsp3) is 0.867. The summed E-state index contributed by atoms with van der Waals surface area (Å²) < 4.78 is 40.8. The normalized spacial score (nSPS) is 39.6. The Morgan fingerprint density at radius 1 is 1.14 bits per heavy atom. The van der Waals surface area contributed by atoms with Crippen molar-refractivity contribution >= 4 is 11.8 Å². The average molecular weight is 318 g/mol. The van der Waals surface area contributed by atoms with Crippen LogP contribution in [0.3, 0.4) is 0 Å². The maximum atomic E-state index is 13.6. The largest absolute Gasteiger partial charge is 0.394 e. The number of halogens is 3. The number of carbonyl (C=O) groups excluding carboxylic acids is 2. The highest BCUT2D eigenvalue weighted by Gasteiger charge is 2.67. The van der Waals surface area contributed by atoms with Crippen LogP contribution in [-0.2, 0) is 9.59 Å². The van der Waals surface area contributed by atoms with E-state index in [1.54, 1.807) is 0 Å². The van der Waals surface area contributed by atoms with Crippen LogP contribution in [0.15, 0.2) is 0 Å². The highest BCUT2D eigenvalue weighted by atomic mass is 19.4. The van der Waals surface area contributed by atoms with E-state index in [0.29, 0.717) is 12.8 Å². The zero-order chi connectivity index (χ0) is 16.2. The van der Waals surface area contributed by atoms with Gasteiger partial charge in [-0.05, 0) is 50.4 Å². The van der Waals surface area contributed by atoms with Crippen LogP contribution in [-0.4, -0.2) is 30.1 Å². The monoisotopic (exact) mass is 318 g/mol. The van der Waals surface area contributed by atoms with Crippen molar-refractivity contribution in [2.24, 2.45) is 17.3 Å². The van der Waals surface area contributed by atoms with Gasteiger partial charge in [-0.15, -0.1) is 0 Å². The third-order valence-corrected chi connectivity index (χ3v) is 5.56. The van der Waals surface area contributed by atoms with Crippen LogP contribution >= 0.6 is 0 Å². The van der Waals surface area contributed by atoms with Crippen molar-refractivity contribution in [3.63, 3.8) is 0 Å². The molecule has 0 aromatic heterocycles. The van der Waals surface area contributed by atoms with Crippen molar-refractivity contribution < 1.29 is 22.8 Å². The molecule has 0 spiro atoms. The molecule has 0 heterocycles. The summed E-state index contributed by atoms with van der Waals surface area (Å²) in [5.41, 5.74) is -2.37. The van der Waals surface area contributed by atoms with Crippen molar-refractivity contribution in [1.82, 2.24) is 10.6 Å². The zero-order valence-corrected chi connectivity index (χ0v) is 12.6. The fourth-order valence-electron chi connectivity index (χ4n) is 5.29. The van der Waals surface area contributed by atoms with Gasteiger partial charge in [-0.3, -0.25) is 9.59 Å². The van der Waals surface area contributed by atoms with E-state index in [1.165, 1.54) is 6.92 Å². The predicted octanol–water partition coefficient (Wildman–Crippen LogP) is 2.14. The van der Waals surface area contributed by atoms with Crippen LogP contribution in [0.2, 0.25) is 0 Å². The van der Waals surface area contributed by atoms with E-state index < -0.39 is 23.0 Å². The summed E-state index contributed by atoms with van der Waals surface area (Å²) in [6.07, 6.45) is -1.70. The number of carbonyl (C=O) groups is 2. The van der Waals surface area contributed by atoms with Gasteiger partial charge in [-0.2, -0.15) is 13.2 Å². The first-order valence-corrected chi connectivity index (χ1v) is 7.75. The molecule has 4 nitrogen and oxygen atoms in total. The second-order valence-electron chi connectivity index (χ2n) is 7.48. The minimum absolute atomic E-state index is 0.0116. The van der Waals surface area contributed by atoms with Gasteiger partial charge in [0.2, 0.25) is 11.8 Å². The van der Waals surface area contributed by atoms with Crippen LogP contribution in [0, 0.1) is 17.3 Å². The fourth-order valence-corrected chi connectivity index (χ4v) is 5.29. The topological polar surface area (TPSA) is 58.2 Å². The Labute approximate surface area is 127 Å². The van der Waals surface area contributed by atoms with E-state index >= 15 is 0 Å². The molecule has 22 heavy (non-hydrogen) atoms. The number of nitrogens with one attached hydrogen (secondary N) is 2. The van der Waals surface area contributed by atoms with Crippen LogP contribution in [0.5, 0.6) is 0 Å². The molecule has 4 atom stereocenters. The molecular weight excluding hydrogens is 297 g/mol. The first kappa shape index (κ1) is 15.6. The molecule has 2 unspecified atom stereocenters. The Kier molecular flexibility index (Phi) is 3.45. The first-order chi connectivity index (χ1) is 10.1. The summed E-state index contributed by atoms with van der Waals surface area (Å²) in [6, 6.07) is 0. The van der Waals surface area contributed by atoms with Crippen LogP contribution in [0.25, 0.3) is 0 Å². The van der Waals surface area contributed by atoms with E-state index in [4.69, 9.17) is 0 Å². The summed E-state index contributed by atoms with van der Waals surface area (Å²) in [5, 5.41) is 5.22. The molecule has 0 radical (unpaired) electrons. The van der Waals surface area contributed by atoms with E-state index in [2.05, 4.69) is 10.6 Å². The highest BCUT2D eigenvalue weighted by molar-refractivity contribution is 5.84. The highest BCUT2D eigenvalue weighted by Crippen LogP contribution is 2.66. The third-order valence-electron chi connectivity index (χ3n) is 5.56. The smallest absolute Gasteiger partial charge is 0.349 e. The second kappa shape index (κ2) is 4.86. The van der Waals surface area contributed by atoms with Gasteiger partial charge in [0.1, 0.15) is 0 Å². The Balaban J connectivity index is 1.76. The van der Waals surface area contributed by atoms with Gasteiger partial charge in [-0.1, -0.05) is 0 Å². The molecule has 4 aliphatic rings. The number of amides is 2. The van der Waals surface area contributed by atoms with E-state index in [1.807, 2.05) is 0 Å². The van der Waals surface area contributed by atoms with Crippen molar-refractivity contribution in [3.8, 4) is 0 Å². The average Bonchev–Trinajstić information content (AvgIpc) is 2.32. The number of hydrogen-bond acceptors (Lipinski definition) is 2. The standard InChI is InChI=1S/C15H21F3N2O2/c1-9(21)19-7-12(22)20-14-5-10-2-11(6-14)4-13(3-10,8-14)15(16,17)18/h10-11H,2-8H2,1H3,(H,19,21)(H,20,22)/t10-,11+,13?,14?. The lowest BCUT2D eigenvalue weighted by Crippen LogP contribution is -2.66. The van der Waals surface area contributed by atoms with Gasteiger partial charge < -0.3 is 10.6 Å². The summed E-state index contributed by atoms with van der Waals surface area (Å²) >= 11 is 0. The molecule has 0 aliphatic heterocycles. The lowest BCUT2D eigenvalue weighted by molar-refractivity contribution is -0.278. The molecule has 0 aromatic rings. The van der Waals surface area contributed by atoms with E-state index in [0.717, 1.165) is 6.42 Å². The van der Waals surface area contributed by atoms with Gasteiger partial charge in [0.25, 0.3) is 0 Å². The molecular formula is C15H21F3N2O2. The molecule has 2 amide bonds.